The minimum Gasteiger partial charge on any atom is -0.326 e. The molecule has 0 radical (unpaired) electrons. The standard InChI is InChI=1S/C20H21N3O3S2/c1-27-18-8-6-17(7-9-18)22-20(24)15-10-12-23(13-11-15)28(25,26)19-5-3-2-4-16(19)14-21/h2-9,15H,10-13H2,1H3,(H,22,24). The summed E-state index contributed by atoms with van der Waals surface area (Å²) in [6.45, 7) is 0.511. The van der Waals surface area contributed by atoms with Crippen molar-refractivity contribution in [1.82, 2.24) is 4.31 Å². The normalized spacial score (nSPS) is 15.7. The van der Waals surface area contributed by atoms with Gasteiger partial charge in [0.15, 0.2) is 0 Å². The van der Waals surface area contributed by atoms with Crippen molar-refractivity contribution in [3.05, 3.63) is 54.1 Å². The first-order valence-corrected chi connectivity index (χ1v) is 11.6. The van der Waals surface area contributed by atoms with Gasteiger partial charge in [-0.1, -0.05) is 12.1 Å². The fourth-order valence-electron chi connectivity index (χ4n) is 3.20. The van der Waals surface area contributed by atoms with Gasteiger partial charge in [0.25, 0.3) is 0 Å². The summed E-state index contributed by atoms with van der Waals surface area (Å²) in [5, 5.41) is 12.1. The smallest absolute Gasteiger partial charge is 0.244 e. The maximum Gasteiger partial charge on any atom is 0.244 e. The zero-order valence-corrected chi connectivity index (χ0v) is 17.1. The SMILES string of the molecule is CSc1ccc(NC(=O)C2CCN(S(=O)(=O)c3ccccc3C#N)CC2)cc1. The Morgan fingerprint density at radius 2 is 1.79 bits per heavy atom. The molecule has 0 saturated carbocycles. The van der Waals surface area contributed by atoms with E-state index in [1.807, 2.05) is 36.6 Å². The van der Waals surface area contributed by atoms with Gasteiger partial charge in [-0.05, 0) is 55.5 Å². The van der Waals surface area contributed by atoms with Gasteiger partial charge in [-0.15, -0.1) is 11.8 Å². The van der Waals surface area contributed by atoms with Crippen molar-refractivity contribution in [2.45, 2.75) is 22.6 Å². The van der Waals surface area contributed by atoms with Crippen LogP contribution in [-0.2, 0) is 14.8 Å². The van der Waals surface area contributed by atoms with E-state index >= 15 is 0 Å². The van der Waals surface area contributed by atoms with Crippen LogP contribution in [0.2, 0.25) is 0 Å². The van der Waals surface area contributed by atoms with Crippen LogP contribution in [0, 0.1) is 17.2 Å². The van der Waals surface area contributed by atoms with Crippen molar-refractivity contribution in [3.63, 3.8) is 0 Å². The monoisotopic (exact) mass is 415 g/mol. The summed E-state index contributed by atoms with van der Waals surface area (Å²) < 4.78 is 27.1. The number of nitriles is 1. The van der Waals surface area contributed by atoms with Crippen LogP contribution in [0.25, 0.3) is 0 Å². The van der Waals surface area contributed by atoms with Crippen molar-refractivity contribution in [2.75, 3.05) is 24.7 Å². The molecule has 8 heteroatoms. The van der Waals surface area contributed by atoms with Gasteiger partial charge < -0.3 is 5.32 Å². The van der Waals surface area contributed by atoms with E-state index in [2.05, 4.69) is 5.32 Å². The number of carbonyl (C=O) groups is 1. The summed E-state index contributed by atoms with van der Waals surface area (Å²) in [5.41, 5.74) is 0.872. The molecule has 1 amide bonds. The summed E-state index contributed by atoms with van der Waals surface area (Å²) >= 11 is 1.63. The zero-order chi connectivity index (χ0) is 20.1. The van der Waals surface area contributed by atoms with Gasteiger partial charge in [-0.3, -0.25) is 4.79 Å². The first-order chi connectivity index (χ1) is 13.5. The number of rotatable bonds is 5. The van der Waals surface area contributed by atoms with Crippen LogP contribution in [0.3, 0.4) is 0 Å². The molecular weight excluding hydrogens is 394 g/mol. The third kappa shape index (κ3) is 4.38. The topological polar surface area (TPSA) is 90.3 Å². The fourth-order valence-corrected chi connectivity index (χ4v) is 5.22. The summed E-state index contributed by atoms with van der Waals surface area (Å²) in [7, 11) is -3.74. The van der Waals surface area contributed by atoms with Gasteiger partial charge in [0.1, 0.15) is 6.07 Å². The number of sulfonamides is 1. The molecule has 1 fully saturated rings. The lowest BCUT2D eigenvalue weighted by molar-refractivity contribution is -0.120. The van der Waals surface area contributed by atoms with E-state index in [1.54, 1.807) is 23.9 Å². The maximum absolute atomic E-state index is 12.9. The second-order valence-corrected chi connectivity index (χ2v) is 9.29. The highest BCUT2D eigenvalue weighted by molar-refractivity contribution is 7.98. The molecule has 28 heavy (non-hydrogen) atoms. The average molecular weight is 416 g/mol. The highest BCUT2D eigenvalue weighted by Crippen LogP contribution is 2.26. The third-order valence-corrected chi connectivity index (χ3v) is 7.51. The van der Waals surface area contributed by atoms with Crippen LogP contribution in [0.5, 0.6) is 0 Å². The van der Waals surface area contributed by atoms with E-state index in [9.17, 15) is 18.5 Å². The van der Waals surface area contributed by atoms with Crippen molar-refractivity contribution in [1.29, 1.82) is 5.26 Å². The van der Waals surface area contributed by atoms with Gasteiger partial charge in [0.05, 0.1) is 10.5 Å². The molecule has 1 aliphatic heterocycles. The number of anilines is 1. The lowest BCUT2D eigenvalue weighted by Crippen LogP contribution is -2.41. The van der Waals surface area contributed by atoms with Crippen LogP contribution in [0.1, 0.15) is 18.4 Å². The second-order valence-electron chi connectivity index (χ2n) is 6.50. The Morgan fingerprint density at radius 3 is 2.39 bits per heavy atom. The van der Waals surface area contributed by atoms with Crippen molar-refractivity contribution in [2.24, 2.45) is 5.92 Å². The van der Waals surface area contributed by atoms with E-state index < -0.39 is 10.0 Å². The van der Waals surface area contributed by atoms with E-state index in [0.29, 0.717) is 12.8 Å². The Bertz CT molecular complexity index is 990. The van der Waals surface area contributed by atoms with Crippen LogP contribution < -0.4 is 5.32 Å². The molecule has 6 nitrogen and oxygen atoms in total. The predicted octanol–water partition coefficient (Wildman–Crippen LogP) is 3.32. The molecule has 0 bridgehead atoms. The fraction of sp³-hybridized carbons (Fsp3) is 0.300. The highest BCUT2D eigenvalue weighted by Gasteiger charge is 2.33. The first-order valence-electron chi connectivity index (χ1n) is 8.90. The quantitative estimate of drug-likeness (QED) is 0.757. The van der Waals surface area contributed by atoms with Gasteiger partial charge in [0, 0.05) is 29.6 Å². The number of nitrogens with one attached hydrogen (secondary N) is 1. The molecule has 146 valence electrons. The molecule has 0 spiro atoms. The Kier molecular flexibility index (Phi) is 6.39. The summed E-state index contributed by atoms with van der Waals surface area (Å²) in [6, 6.07) is 15.7. The van der Waals surface area contributed by atoms with Crippen molar-refractivity contribution < 1.29 is 13.2 Å². The van der Waals surface area contributed by atoms with E-state index in [4.69, 9.17) is 0 Å². The number of hydrogen-bond acceptors (Lipinski definition) is 5. The molecule has 0 aliphatic carbocycles. The second kappa shape index (κ2) is 8.78. The number of piperidine rings is 1. The molecule has 0 aromatic heterocycles. The molecule has 1 N–H and O–H groups in total. The van der Waals surface area contributed by atoms with Crippen molar-refractivity contribution >= 4 is 33.4 Å². The lowest BCUT2D eigenvalue weighted by atomic mass is 9.97. The Labute approximate surface area is 169 Å². The minimum absolute atomic E-state index is 0.0225. The van der Waals surface area contributed by atoms with E-state index in [0.717, 1.165) is 10.6 Å². The number of benzene rings is 2. The van der Waals surface area contributed by atoms with Crippen LogP contribution in [0.15, 0.2) is 58.3 Å². The molecule has 3 rings (SSSR count). The molecule has 2 aromatic rings. The summed E-state index contributed by atoms with van der Waals surface area (Å²) in [6.07, 6.45) is 2.88. The molecule has 0 atom stereocenters. The molecule has 1 heterocycles. The number of nitrogens with zero attached hydrogens (tertiary/aromatic N) is 2. The maximum atomic E-state index is 12.9. The third-order valence-electron chi connectivity index (χ3n) is 4.81. The van der Waals surface area contributed by atoms with Gasteiger partial charge in [-0.25, -0.2) is 8.42 Å². The molecule has 0 unspecified atom stereocenters. The van der Waals surface area contributed by atoms with E-state index in [-0.39, 0.29) is 35.4 Å². The van der Waals surface area contributed by atoms with E-state index in [1.165, 1.54) is 16.4 Å². The van der Waals surface area contributed by atoms with Crippen molar-refractivity contribution in [3.8, 4) is 6.07 Å². The number of amides is 1. The Morgan fingerprint density at radius 1 is 1.14 bits per heavy atom. The summed E-state index contributed by atoms with van der Waals surface area (Å²) in [5.74, 6) is -0.329. The minimum atomic E-state index is -3.74. The van der Waals surface area contributed by atoms with Gasteiger partial charge in [-0.2, -0.15) is 9.57 Å². The summed E-state index contributed by atoms with van der Waals surface area (Å²) in [4.78, 5) is 13.7. The average Bonchev–Trinajstić information content (AvgIpc) is 2.74. The predicted molar refractivity (Wildman–Crippen MR) is 109 cm³/mol. The number of carbonyl (C=O) groups excluding carboxylic acids is 1. The highest BCUT2D eigenvalue weighted by atomic mass is 32.2. The number of hydrogen-bond donors (Lipinski definition) is 1. The van der Waals surface area contributed by atoms with Gasteiger partial charge in [0.2, 0.25) is 15.9 Å². The van der Waals surface area contributed by atoms with Crippen LogP contribution in [-0.4, -0.2) is 38.0 Å². The zero-order valence-electron chi connectivity index (χ0n) is 15.5. The van der Waals surface area contributed by atoms with Crippen LogP contribution in [0.4, 0.5) is 5.69 Å². The molecule has 1 aliphatic rings. The van der Waals surface area contributed by atoms with Gasteiger partial charge >= 0.3 is 0 Å². The molecule has 1 saturated heterocycles. The Balaban J connectivity index is 1.63. The number of thioether (sulfide) groups is 1. The Hall–Kier alpha value is -2.34. The first kappa shape index (κ1) is 20.4. The molecular formula is C20H21N3O3S2. The largest absolute Gasteiger partial charge is 0.326 e. The van der Waals surface area contributed by atoms with Crippen LogP contribution >= 0.6 is 11.8 Å². The lowest BCUT2D eigenvalue weighted by Gasteiger charge is -2.30. The molecule has 2 aromatic carbocycles.